The molecule has 0 radical (unpaired) electrons. The molecule has 2 aromatic carbocycles. The normalized spacial score (nSPS) is 19.6. The number of rotatable bonds is 5. The van der Waals surface area contributed by atoms with E-state index in [4.69, 9.17) is 4.74 Å². The fourth-order valence-corrected chi connectivity index (χ4v) is 5.18. The molecule has 2 aromatic rings. The largest absolute Gasteiger partial charge is 0.469 e. The monoisotopic (exact) mass is 413 g/mol. The van der Waals surface area contributed by atoms with Gasteiger partial charge >= 0.3 is 5.97 Å². The van der Waals surface area contributed by atoms with E-state index in [1.54, 1.807) is 12.1 Å². The molecule has 1 saturated heterocycles. The number of sulfonamides is 1. The van der Waals surface area contributed by atoms with Crippen LogP contribution in [0.3, 0.4) is 0 Å². The smallest absolute Gasteiger partial charge is 0.306 e. The van der Waals surface area contributed by atoms with Crippen molar-refractivity contribution in [3.05, 3.63) is 71.3 Å². The zero-order valence-electron chi connectivity index (χ0n) is 17.1. The minimum Gasteiger partial charge on any atom is -0.469 e. The Balaban J connectivity index is 1.97. The van der Waals surface area contributed by atoms with Crippen LogP contribution in [0.4, 0.5) is 0 Å². The zero-order chi connectivity index (χ0) is 21.0. The van der Waals surface area contributed by atoms with Crippen LogP contribution in [0.5, 0.6) is 0 Å². The molecule has 1 heterocycles. The average Bonchev–Trinajstić information content (AvgIpc) is 2.74. The van der Waals surface area contributed by atoms with Crippen LogP contribution in [0, 0.1) is 12.8 Å². The Labute approximate surface area is 173 Å². The van der Waals surface area contributed by atoms with E-state index in [1.165, 1.54) is 11.4 Å². The maximum atomic E-state index is 13.2. The lowest BCUT2D eigenvalue weighted by Crippen LogP contribution is -2.40. The molecular formula is C23H27NO4S. The number of aryl methyl sites for hydroxylation is 1. The number of hydrogen-bond donors (Lipinski definition) is 0. The number of methoxy groups -OCH3 is 1. The molecule has 6 heteroatoms. The number of carbonyl (C=O) groups is 1. The lowest BCUT2D eigenvalue weighted by atomic mass is 9.84. The van der Waals surface area contributed by atoms with Gasteiger partial charge in [0, 0.05) is 13.1 Å². The van der Waals surface area contributed by atoms with E-state index in [0.717, 1.165) is 22.3 Å². The molecule has 0 spiro atoms. The Morgan fingerprint density at radius 2 is 1.76 bits per heavy atom. The molecule has 0 aliphatic carbocycles. The molecule has 0 amide bonds. The molecule has 1 aliphatic rings. The predicted molar refractivity (Wildman–Crippen MR) is 114 cm³/mol. The number of nitrogens with zero attached hydrogens (tertiary/aromatic N) is 1. The van der Waals surface area contributed by atoms with Crippen LogP contribution in [0.15, 0.2) is 65.1 Å². The van der Waals surface area contributed by atoms with Crippen molar-refractivity contribution in [1.29, 1.82) is 0 Å². The fraction of sp³-hybridized carbons (Fsp3) is 0.348. The van der Waals surface area contributed by atoms with Gasteiger partial charge in [0.15, 0.2) is 0 Å². The van der Waals surface area contributed by atoms with Gasteiger partial charge in [-0.2, -0.15) is 4.31 Å². The summed E-state index contributed by atoms with van der Waals surface area (Å²) in [4.78, 5) is 12.2. The molecule has 1 fully saturated rings. The van der Waals surface area contributed by atoms with Crippen LogP contribution in [0.1, 0.15) is 30.9 Å². The first kappa shape index (κ1) is 21.3. The van der Waals surface area contributed by atoms with E-state index in [9.17, 15) is 13.2 Å². The van der Waals surface area contributed by atoms with Gasteiger partial charge in [-0.05, 0) is 55.0 Å². The summed E-state index contributed by atoms with van der Waals surface area (Å²) in [5.41, 5.74) is 4.04. The summed E-state index contributed by atoms with van der Waals surface area (Å²) in [7, 11) is -2.22. The van der Waals surface area contributed by atoms with Gasteiger partial charge in [0.2, 0.25) is 10.0 Å². The summed E-state index contributed by atoms with van der Waals surface area (Å²) < 4.78 is 32.8. The van der Waals surface area contributed by atoms with Crippen molar-refractivity contribution in [2.45, 2.75) is 31.6 Å². The van der Waals surface area contributed by atoms with Gasteiger partial charge in [-0.25, -0.2) is 8.42 Å². The van der Waals surface area contributed by atoms with Crippen molar-refractivity contribution < 1.29 is 17.9 Å². The number of piperidine rings is 1. The highest BCUT2D eigenvalue weighted by Gasteiger charge is 2.34. The molecule has 0 unspecified atom stereocenters. The lowest BCUT2D eigenvalue weighted by molar-refractivity contribution is -0.141. The van der Waals surface area contributed by atoms with Crippen molar-refractivity contribution in [3.63, 3.8) is 0 Å². The number of ether oxygens (including phenoxy) is 1. The third-order valence-electron chi connectivity index (χ3n) is 5.55. The number of esters is 1. The van der Waals surface area contributed by atoms with Gasteiger partial charge in [-0.3, -0.25) is 4.79 Å². The fourth-order valence-electron chi connectivity index (χ4n) is 3.74. The maximum Gasteiger partial charge on any atom is 0.306 e. The molecular weight excluding hydrogens is 386 g/mol. The van der Waals surface area contributed by atoms with Crippen LogP contribution in [0.25, 0.3) is 5.57 Å². The van der Waals surface area contributed by atoms with Crippen molar-refractivity contribution in [1.82, 2.24) is 4.31 Å². The summed E-state index contributed by atoms with van der Waals surface area (Å²) in [6, 6.07) is 16.8. The average molecular weight is 414 g/mol. The Morgan fingerprint density at radius 3 is 2.38 bits per heavy atom. The molecule has 1 aliphatic heterocycles. The standard InChI is InChI=1S/C23H27NO4S/c1-17-9-11-21(12-10-17)29(26,27)24-14-13-20(15-23(25)28-3)22(16-24)18(2)19-7-5-4-6-8-19/h4-12,20H,13-16H2,1-3H3/b22-18+/t20-/m0/s1. The van der Waals surface area contributed by atoms with Crippen molar-refractivity contribution in [3.8, 4) is 0 Å². The Kier molecular flexibility index (Phi) is 6.55. The van der Waals surface area contributed by atoms with Crippen LogP contribution >= 0.6 is 0 Å². The zero-order valence-corrected chi connectivity index (χ0v) is 17.9. The van der Waals surface area contributed by atoms with Gasteiger partial charge in [0.25, 0.3) is 0 Å². The number of benzene rings is 2. The number of carbonyl (C=O) groups excluding carboxylic acids is 1. The summed E-state index contributed by atoms with van der Waals surface area (Å²) in [6.07, 6.45) is 0.841. The van der Waals surface area contributed by atoms with E-state index in [1.807, 2.05) is 56.3 Å². The second kappa shape index (κ2) is 8.93. The van der Waals surface area contributed by atoms with Crippen LogP contribution in [-0.2, 0) is 19.6 Å². The molecule has 0 bridgehead atoms. The van der Waals surface area contributed by atoms with Gasteiger partial charge in [-0.15, -0.1) is 0 Å². The van der Waals surface area contributed by atoms with E-state index in [2.05, 4.69) is 0 Å². The van der Waals surface area contributed by atoms with Crippen LogP contribution in [-0.4, -0.2) is 38.9 Å². The van der Waals surface area contributed by atoms with Crippen molar-refractivity contribution >= 4 is 21.6 Å². The van der Waals surface area contributed by atoms with E-state index in [0.29, 0.717) is 17.9 Å². The highest BCUT2D eigenvalue weighted by atomic mass is 32.2. The number of hydrogen-bond acceptors (Lipinski definition) is 4. The summed E-state index contributed by atoms with van der Waals surface area (Å²) in [5, 5.41) is 0. The molecule has 29 heavy (non-hydrogen) atoms. The highest BCUT2D eigenvalue weighted by Crippen LogP contribution is 2.34. The Morgan fingerprint density at radius 1 is 1.10 bits per heavy atom. The van der Waals surface area contributed by atoms with Gasteiger partial charge in [0.1, 0.15) is 0 Å². The predicted octanol–water partition coefficient (Wildman–Crippen LogP) is 4.04. The Bertz CT molecular complexity index is 995. The quantitative estimate of drug-likeness (QED) is 0.694. The second-order valence-corrected chi connectivity index (χ2v) is 9.37. The first-order valence-corrected chi connectivity index (χ1v) is 11.2. The summed E-state index contributed by atoms with van der Waals surface area (Å²) in [5.74, 6) is -0.310. The molecule has 0 N–H and O–H groups in total. The molecule has 0 aromatic heterocycles. The Hall–Kier alpha value is -2.44. The molecule has 5 nitrogen and oxygen atoms in total. The second-order valence-electron chi connectivity index (χ2n) is 7.43. The first-order chi connectivity index (χ1) is 13.8. The van der Waals surface area contributed by atoms with Crippen molar-refractivity contribution in [2.24, 2.45) is 5.92 Å². The SMILES string of the molecule is COC(=O)C[C@@H]1CCN(S(=O)(=O)c2ccc(C)cc2)C/C1=C(/C)c1ccccc1. The van der Waals surface area contributed by atoms with E-state index < -0.39 is 10.0 Å². The van der Waals surface area contributed by atoms with Crippen molar-refractivity contribution in [2.75, 3.05) is 20.2 Å². The minimum absolute atomic E-state index is 0.0351. The van der Waals surface area contributed by atoms with Crippen LogP contribution < -0.4 is 0 Å². The third kappa shape index (κ3) is 4.77. The first-order valence-electron chi connectivity index (χ1n) is 9.71. The molecule has 0 saturated carbocycles. The highest BCUT2D eigenvalue weighted by molar-refractivity contribution is 7.89. The maximum absolute atomic E-state index is 13.2. The van der Waals surface area contributed by atoms with Crippen LogP contribution in [0.2, 0.25) is 0 Å². The van der Waals surface area contributed by atoms with Gasteiger partial charge in [0.05, 0.1) is 18.4 Å². The van der Waals surface area contributed by atoms with E-state index >= 15 is 0 Å². The summed E-state index contributed by atoms with van der Waals surface area (Å²) >= 11 is 0. The summed E-state index contributed by atoms with van der Waals surface area (Å²) in [6.45, 7) is 4.58. The molecule has 3 rings (SSSR count). The molecule has 154 valence electrons. The lowest BCUT2D eigenvalue weighted by Gasteiger charge is -2.34. The molecule has 1 atom stereocenters. The third-order valence-corrected chi connectivity index (χ3v) is 7.41. The topological polar surface area (TPSA) is 63.7 Å². The number of allylic oxidation sites excluding steroid dienone is 1. The van der Waals surface area contributed by atoms with E-state index in [-0.39, 0.29) is 24.9 Å². The minimum atomic E-state index is -3.60. The van der Waals surface area contributed by atoms with Gasteiger partial charge in [-0.1, -0.05) is 48.0 Å². The van der Waals surface area contributed by atoms with Gasteiger partial charge < -0.3 is 4.74 Å².